The second kappa shape index (κ2) is 35.7. The van der Waals surface area contributed by atoms with Gasteiger partial charge in [-0.15, -0.1) is 0 Å². The molecule has 0 spiro atoms. The van der Waals surface area contributed by atoms with E-state index in [4.69, 9.17) is 23.7 Å². The molecule has 54 heavy (non-hydrogen) atoms. The number of unbranched alkanes of at least 4 members (excludes halogenated alkanes) is 27. The van der Waals surface area contributed by atoms with Crippen LogP contribution < -0.4 is 5.32 Å². The summed E-state index contributed by atoms with van der Waals surface area (Å²) in [5.41, 5.74) is 0. The van der Waals surface area contributed by atoms with Gasteiger partial charge in [-0.25, -0.2) is 0 Å². The molecular formula is C45H85NO8. The molecule has 318 valence electrons. The molecule has 1 saturated heterocycles. The lowest BCUT2D eigenvalue weighted by Gasteiger charge is -2.43. The summed E-state index contributed by atoms with van der Waals surface area (Å²) >= 11 is 0. The molecule has 0 aromatic heterocycles. The summed E-state index contributed by atoms with van der Waals surface area (Å²) in [5, 5.41) is 3.66. The van der Waals surface area contributed by atoms with Crippen LogP contribution in [0.15, 0.2) is 0 Å². The van der Waals surface area contributed by atoms with E-state index in [2.05, 4.69) is 12.2 Å². The second-order valence-electron chi connectivity index (χ2n) is 16.0. The molecule has 1 fully saturated rings. The maximum atomic E-state index is 11.8. The SMILES string of the molecule is CCCCCCCCCCCCCCCCCCNCCCCCCCCCCCCCCCO[C@@H]1O[C@@H](C)[C@H](OC(C)=O)[C@H](OC(C)=O)[C@H]1OC(C)=O. The van der Waals surface area contributed by atoms with E-state index in [1.54, 1.807) is 6.92 Å². The van der Waals surface area contributed by atoms with Crippen molar-refractivity contribution < 1.29 is 38.1 Å². The largest absolute Gasteiger partial charge is 0.456 e. The highest BCUT2D eigenvalue weighted by molar-refractivity contribution is 5.68. The van der Waals surface area contributed by atoms with Crippen LogP contribution in [0.4, 0.5) is 0 Å². The van der Waals surface area contributed by atoms with Crippen LogP contribution in [0.1, 0.15) is 221 Å². The molecule has 0 aromatic rings. The average molecular weight is 768 g/mol. The van der Waals surface area contributed by atoms with Gasteiger partial charge in [0.05, 0.1) is 6.10 Å². The number of rotatable bonds is 37. The highest BCUT2D eigenvalue weighted by Gasteiger charge is 2.50. The summed E-state index contributed by atoms with van der Waals surface area (Å²) < 4.78 is 28.1. The Kier molecular flexibility index (Phi) is 33.2. The number of hydrogen-bond donors (Lipinski definition) is 1. The number of carbonyl (C=O) groups excluding carboxylic acids is 3. The molecule has 0 saturated carbocycles. The van der Waals surface area contributed by atoms with Gasteiger partial charge in [0.25, 0.3) is 0 Å². The van der Waals surface area contributed by atoms with Crippen LogP contribution in [-0.4, -0.2) is 68.3 Å². The molecule has 5 atom stereocenters. The number of nitrogens with one attached hydrogen (secondary N) is 1. The highest BCUT2D eigenvalue weighted by Crippen LogP contribution is 2.29. The van der Waals surface area contributed by atoms with Gasteiger partial charge in [0, 0.05) is 27.4 Å². The van der Waals surface area contributed by atoms with Crippen LogP contribution in [0.3, 0.4) is 0 Å². The fourth-order valence-electron chi connectivity index (χ4n) is 7.52. The Bertz CT molecular complexity index is 901. The van der Waals surface area contributed by atoms with Crippen molar-refractivity contribution in [3.63, 3.8) is 0 Å². The van der Waals surface area contributed by atoms with Gasteiger partial charge in [-0.1, -0.05) is 174 Å². The Labute approximate surface area is 331 Å². The molecule has 1 heterocycles. The molecule has 0 aliphatic carbocycles. The number of hydrogen-bond acceptors (Lipinski definition) is 9. The fourth-order valence-corrected chi connectivity index (χ4v) is 7.52. The van der Waals surface area contributed by atoms with Crippen molar-refractivity contribution in [1.82, 2.24) is 5.32 Å². The summed E-state index contributed by atoms with van der Waals surface area (Å²) in [6, 6.07) is 0. The third-order valence-corrected chi connectivity index (χ3v) is 10.6. The zero-order chi connectivity index (χ0) is 39.5. The van der Waals surface area contributed by atoms with Crippen LogP contribution >= 0.6 is 0 Å². The third-order valence-electron chi connectivity index (χ3n) is 10.6. The first kappa shape index (κ1) is 50.3. The molecule has 1 N–H and O–H groups in total. The van der Waals surface area contributed by atoms with E-state index in [0.717, 1.165) is 19.3 Å². The van der Waals surface area contributed by atoms with Crippen molar-refractivity contribution in [3.8, 4) is 0 Å². The van der Waals surface area contributed by atoms with Gasteiger partial charge in [0.15, 0.2) is 24.6 Å². The molecule has 0 amide bonds. The van der Waals surface area contributed by atoms with Crippen LogP contribution in [0.25, 0.3) is 0 Å². The van der Waals surface area contributed by atoms with Crippen molar-refractivity contribution in [3.05, 3.63) is 0 Å². The van der Waals surface area contributed by atoms with E-state index >= 15 is 0 Å². The standard InChI is InChI=1S/C45H85NO8/c1-6-7-8-9-10-11-12-13-14-15-17-20-23-26-29-32-35-46-36-33-30-27-24-21-18-16-19-22-25-28-31-34-37-50-45-44(54-41(5)49)43(53-40(4)48)42(38(2)51-45)52-39(3)47/h38,42-46H,6-37H2,1-5H3/t38-,42-,43-,44+,45+/m0/s1. The van der Waals surface area contributed by atoms with Gasteiger partial charge in [0.1, 0.15) is 0 Å². The first-order valence-corrected chi connectivity index (χ1v) is 22.8. The second-order valence-corrected chi connectivity index (χ2v) is 16.0. The Morgan fingerprint density at radius 2 is 0.759 bits per heavy atom. The summed E-state index contributed by atoms with van der Waals surface area (Å²) in [7, 11) is 0. The Morgan fingerprint density at radius 1 is 0.444 bits per heavy atom. The fraction of sp³-hybridized carbons (Fsp3) is 0.933. The minimum Gasteiger partial charge on any atom is -0.456 e. The molecule has 1 rings (SSSR count). The molecule has 0 bridgehead atoms. The zero-order valence-corrected chi connectivity index (χ0v) is 35.8. The number of esters is 3. The van der Waals surface area contributed by atoms with E-state index in [9.17, 15) is 14.4 Å². The van der Waals surface area contributed by atoms with E-state index in [1.165, 1.54) is 201 Å². The predicted octanol–water partition coefficient (Wildman–Crippen LogP) is 11.5. The lowest BCUT2D eigenvalue weighted by atomic mass is 9.99. The van der Waals surface area contributed by atoms with Crippen LogP contribution in [0, 0.1) is 0 Å². The minimum atomic E-state index is -1.03. The van der Waals surface area contributed by atoms with Crippen LogP contribution in [0.2, 0.25) is 0 Å². The molecule has 0 unspecified atom stereocenters. The van der Waals surface area contributed by atoms with Crippen LogP contribution in [0.5, 0.6) is 0 Å². The van der Waals surface area contributed by atoms with E-state index in [0.29, 0.717) is 6.61 Å². The van der Waals surface area contributed by atoms with Gasteiger partial charge in [-0.05, 0) is 39.3 Å². The Balaban J connectivity index is 1.89. The first-order chi connectivity index (χ1) is 26.3. The molecule has 9 heteroatoms. The van der Waals surface area contributed by atoms with Crippen molar-refractivity contribution in [1.29, 1.82) is 0 Å². The van der Waals surface area contributed by atoms with Gasteiger partial charge < -0.3 is 29.0 Å². The van der Waals surface area contributed by atoms with Gasteiger partial charge >= 0.3 is 17.9 Å². The normalized spacial score (nSPS) is 19.8. The monoisotopic (exact) mass is 768 g/mol. The molecule has 1 aliphatic heterocycles. The topological polar surface area (TPSA) is 109 Å². The Morgan fingerprint density at radius 3 is 1.13 bits per heavy atom. The lowest BCUT2D eigenvalue weighted by molar-refractivity contribution is -0.300. The van der Waals surface area contributed by atoms with Crippen molar-refractivity contribution in [2.24, 2.45) is 0 Å². The molecule has 0 radical (unpaired) electrons. The maximum absolute atomic E-state index is 11.8. The minimum absolute atomic E-state index is 0.426. The smallest absolute Gasteiger partial charge is 0.303 e. The van der Waals surface area contributed by atoms with Gasteiger partial charge in [0.2, 0.25) is 0 Å². The predicted molar refractivity (Wildman–Crippen MR) is 219 cm³/mol. The lowest BCUT2D eigenvalue weighted by Crippen LogP contribution is -2.61. The van der Waals surface area contributed by atoms with Gasteiger partial charge in [-0.2, -0.15) is 0 Å². The van der Waals surface area contributed by atoms with Gasteiger partial charge in [-0.3, -0.25) is 14.4 Å². The van der Waals surface area contributed by atoms with Crippen molar-refractivity contribution in [2.45, 2.75) is 252 Å². The molecule has 9 nitrogen and oxygen atoms in total. The third kappa shape index (κ3) is 28.7. The highest BCUT2D eigenvalue weighted by atomic mass is 16.7. The van der Waals surface area contributed by atoms with Crippen molar-refractivity contribution >= 4 is 17.9 Å². The van der Waals surface area contributed by atoms with E-state index < -0.39 is 48.6 Å². The van der Waals surface area contributed by atoms with Crippen molar-refractivity contribution in [2.75, 3.05) is 19.7 Å². The van der Waals surface area contributed by atoms with Crippen LogP contribution in [-0.2, 0) is 38.1 Å². The quantitative estimate of drug-likeness (QED) is 0.0375. The molecule has 1 aliphatic rings. The number of carbonyl (C=O) groups is 3. The van der Waals surface area contributed by atoms with E-state index in [-0.39, 0.29) is 0 Å². The number of ether oxygens (including phenoxy) is 5. The first-order valence-electron chi connectivity index (χ1n) is 22.8. The summed E-state index contributed by atoms with van der Waals surface area (Å²) in [6.45, 7) is 10.6. The summed E-state index contributed by atoms with van der Waals surface area (Å²) in [5.74, 6) is -1.68. The molecular weight excluding hydrogens is 682 g/mol. The average Bonchev–Trinajstić information content (AvgIpc) is 3.12. The molecule has 0 aromatic carbocycles. The summed E-state index contributed by atoms with van der Waals surface area (Å²) in [4.78, 5) is 35.3. The maximum Gasteiger partial charge on any atom is 0.303 e. The van der Waals surface area contributed by atoms with E-state index in [1.807, 2.05) is 0 Å². The summed E-state index contributed by atoms with van der Waals surface area (Å²) in [6.07, 6.45) is 34.6. The Hall–Kier alpha value is -1.71. The zero-order valence-electron chi connectivity index (χ0n) is 35.8.